The third-order valence-corrected chi connectivity index (χ3v) is 6.11. The van der Waals surface area contributed by atoms with Crippen molar-refractivity contribution >= 4 is 17.2 Å². The molecule has 0 aliphatic carbocycles. The third-order valence-electron chi connectivity index (χ3n) is 6.11. The fourth-order valence-electron chi connectivity index (χ4n) is 4.24. The van der Waals surface area contributed by atoms with Crippen molar-refractivity contribution in [3.8, 4) is 0 Å². The van der Waals surface area contributed by atoms with E-state index in [1.807, 2.05) is 47.1 Å². The van der Waals surface area contributed by atoms with Crippen LogP contribution in [0.25, 0.3) is 17.2 Å². The Morgan fingerprint density at radius 2 is 1.87 bits per heavy atom. The first-order valence-electron chi connectivity index (χ1n) is 10.6. The molecule has 0 bridgehead atoms. The van der Waals surface area contributed by atoms with Gasteiger partial charge in [-0.1, -0.05) is 48.9 Å². The molecule has 1 fully saturated rings. The normalized spacial score (nSPS) is 17.9. The highest BCUT2D eigenvalue weighted by molar-refractivity contribution is 5.71. The van der Waals surface area contributed by atoms with Crippen LogP contribution in [0.4, 0.5) is 0 Å². The first kappa shape index (κ1) is 20.3. The Hall–Kier alpha value is -2.93. The van der Waals surface area contributed by atoms with Crippen molar-refractivity contribution in [3.63, 3.8) is 0 Å². The molecule has 158 valence electrons. The second kappa shape index (κ2) is 8.44. The van der Waals surface area contributed by atoms with E-state index < -0.39 is 0 Å². The average Bonchev–Trinajstić information content (AvgIpc) is 3.11. The van der Waals surface area contributed by atoms with Gasteiger partial charge < -0.3 is 4.57 Å². The number of likely N-dealkylation sites (tertiary alicyclic amines) is 1. The number of benzene rings is 1. The molecule has 0 N–H and O–H groups in total. The van der Waals surface area contributed by atoms with Crippen molar-refractivity contribution in [2.45, 2.75) is 45.3 Å². The van der Waals surface area contributed by atoms with E-state index in [9.17, 15) is 9.59 Å². The molecule has 1 aromatic carbocycles. The molecule has 1 atom stereocenters. The highest BCUT2D eigenvalue weighted by Gasteiger charge is 2.23. The van der Waals surface area contributed by atoms with Crippen LogP contribution in [-0.4, -0.2) is 36.2 Å². The summed E-state index contributed by atoms with van der Waals surface area (Å²) in [6.07, 6.45) is 7.70. The molecule has 4 rings (SSSR count). The summed E-state index contributed by atoms with van der Waals surface area (Å²) in [5.41, 5.74) is 1.39. The lowest BCUT2D eigenvalue weighted by Gasteiger charge is -2.32. The average molecular weight is 408 g/mol. The molecule has 2 aromatic heterocycles. The highest BCUT2D eigenvalue weighted by atomic mass is 16.2. The summed E-state index contributed by atoms with van der Waals surface area (Å²) in [4.78, 5) is 32.6. The second-order valence-electron chi connectivity index (χ2n) is 8.14. The van der Waals surface area contributed by atoms with Crippen molar-refractivity contribution in [2.24, 2.45) is 14.1 Å². The van der Waals surface area contributed by atoms with Crippen LogP contribution in [0.15, 0.2) is 46.0 Å². The number of fused-ring (bicyclic) bond motifs is 1. The Bertz CT molecular complexity index is 1190. The Labute approximate surface area is 175 Å². The fraction of sp³-hybridized carbons (Fsp3) is 0.435. The van der Waals surface area contributed by atoms with Gasteiger partial charge in [-0.3, -0.25) is 18.8 Å². The van der Waals surface area contributed by atoms with Crippen LogP contribution in [0, 0.1) is 0 Å². The molecule has 7 nitrogen and oxygen atoms in total. The summed E-state index contributed by atoms with van der Waals surface area (Å²) in [5, 5.41) is 0. The minimum absolute atomic E-state index is 0.299. The number of imidazole rings is 1. The molecule has 0 saturated carbocycles. The van der Waals surface area contributed by atoms with E-state index >= 15 is 0 Å². The lowest BCUT2D eigenvalue weighted by molar-refractivity contribution is 0.147. The van der Waals surface area contributed by atoms with Crippen molar-refractivity contribution < 1.29 is 0 Å². The standard InChI is InChI=1S/C23H29N5O2/c1-17-10-7-8-14-27(17)16-19-24-21-20(22(29)26(3)23(30)25(21)2)28(19)15-9-13-18-11-5-4-6-12-18/h4-6,9,11-13,17H,7-8,10,14-16H2,1-3H3/b13-9+/t17-/m1/s1. The number of hydrogen-bond donors (Lipinski definition) is 0. The Morgan fingerprint density at radius 3 is 2.60 bits per heavy atom. The molecule has 30 heavy (non-hydrogen) atoms. The van der Waals surface area contributed by atoms with Gasteiger partial charge >= 0.3 is 5.69 Å². The predicted octanol–water partition coefficient (Wildman–Crippen LogP) is 2.52. The first-order valence-corrected chi connectivity index (χ1v) is 10.6. The van der Waals surface area contributed by atoms with Gasteiger partial charge in [-0.15, -0.1) is 0 Å². The van der Waals surface area contributed by atoms with Crippen LogP contribution in [0.5, 0.6) is 0 Å². The number of allylic oxidation sites excluding steroid dienone is 1. The number of hydrogen-bond acceptors (Lipinski definition) is 4. The van der Waals surface area contributed by atoms with Crippen molar-refractivity contribution in [1.82, 2.24) is 23.6 Å². The molecular weight excluding hydrogens is 378 g/mol. The quantitative estimate of drug-likeness (QED) is 0.652. The van der Waals surface area contributed by atoms with Gasteiger partial charge in [0.25, 0.3) is 5.56 Å². The lowest BCUT2D eigenvalue weighted by Crippen LogP contribution is -2.38. The molecule has 1 aliphatic heterocycles. The summed E-state index contributed by atoms with van der Waals surface area (Å²) >= 11 is 0. The van der Waals surface area contributed by atoms with Crippen molar-refractivity contribution in [2.75, 3.05) is 6.54 Å². The molecule has 1 aliphatic rings. The van der Waals surface area contributed by atoms with Crippen molar-refractivity contribution in [1.29, 1.82) is 0 Å². The molecule has 0 radical (unpaired) electrons. The number of aryl methyl sites for hydroxylation is 1. The summed E-state index contributed by atoms with van der Waals surface area (Å²) in [6, 6.07) is 10.6. The molecule has 1 saturated heterocycles. The van der Waals surface area contributed by atoms with E-state index in [1.54, 1.807) is 7.05 Å². The lowest BCUT2D eigenvalue weighted by atomic mass is 10.0. The Kier molecular flexibility index (Phi) is 5.72. The zero-order valence-electron chi connectivity index (χ0n) is 17.9. The molecule has 0 amide bonds. The molecule has 0 spiro atoms. The molecule has 3 aromatic rings. The summed E-state index contributed by atoms with van der Waals surface area (Å²) in [7, 11) is 3.20. The van der Waals surface area contributed by atoms with Crippen LogP contribution in [-0.2, 0) is 27.2 Å². The topological polar surface area (TPSA) is 65.1 Å². The Balaban J connectivity index is 1.78. The number of piperidine rings is 1. The zero-order chi connectivity index (χ0) is 21.3. The van der Waals surface area contributed by atoms with Gasteiger partial charge in [-0.25, -0.2) is 9.78 Å². The zero-order valence-corrected chi connectivity index (χ0v) is 17.9. The van der Waals surface area contributed by atoms with Gasteiger partial charge in [0, 0.05) is 26.7 Å². The predicted molar refractivity (Wildman–Crippen MR) is 119 cm³/mol. The minimum atomic E-state index is -0.352. The van der Waals surface area contributed by atoms with E-state index in [0.717, 1.165) is 22.5 Å². The van der Waals surface area contributed by atoms with Crippen LogP contribution >= 0.6 is 0 Å². The van der Waals surface area contributed by atoms with E-state index in [4.69, 9.17) is 4.98 Å². The van der Waals surface area contributed by atoms with Gasteiger partial charge in [0.05, 0.1) is 6.54 Å². The van der Waals surface area contributed by atoms with Gasteiger partial charge in [-0.2, -0.15) is 0 Å². The van der Waals surface area contributed by atoms with Gasteiger partial charge in [0.2, 0.25) is 0 Å². The summed E-state index contributed by atoms with van der Waals surface area (Å²) < 4.78 is 4.60. The van der Waals surface area contributed by atoms with Crippen LogP contribution in [0.1, 0.15) is 37.6 Å². The van der Waals surface area contributed by atoms with Crippen LogP contribution < -0.4 is 11.2 Å². The van der Waals surface area contributed by atoms with E-state index in [1.165, 1.54) is 30.9 Å². The largest absolute Gasteiger partial charge is 0.332 e. The van der Waals surface area contributed by atoms with Gasteiger partial charge in [0.15, 0.2) is 11.2 Å². The van der Waals surface area contributed by atoms with Crippen LogP contribution in [0.2, 0.25) is 0 Å². The maximum Gasteiger partial charge on any atom is 0.332 e. The van der Waals surface area contributed by atoms with Gasteiger partial charge in [-0.05, 0) is 31.9 Å². The number of nitrogens with zero attached hydrogens (tertiary/aromatic N) is 5. The Morgan fingerprint density at radius 1 is 1.10 bits per heavy atom. The molecule has 0 unspecified atom stereocenters. The second-order valence-corrected chi connectivity index (χ2v) is 8.14. The summed E-state index contributed by atoms with van der Waals surface area (Å²) in [5.74, 6) is 0.828. The maximum absolute atomic E-state index is 13.0. The molecular formula is C23H29N5O2. The first-order chi connectivity index (χ1) is 14.5. The minimum Gasteiger partial charge on any atom is -0.317 e. The summed E-state index contributed by atoms with van der Waals surface area (Å²) in [6.45, 7) is 4.47. The SMILES string of the molecule is C[C@@H]1CCCCN1Cc1nc2c(c(=O)n(C)c(=O)n2C)n1C/C=C/c1ccccc1. The number of rotatable bonds is 5. The highest BCUT2D eigenvalue weighted by Crippen LogP contribution is 2.21. The van der Waals surface area contributed by atoms with E-state index in [0.29, 0.717) is 30.3 Å². The molecule has 3 heterocycles. The van der Waals surface area contributed by atoms with Crippen LogP contribution in [0.3, 0.4) is 0 Å². The third kappa shape index (κ3) is 3.77. The van der Waals surface area contributed by atoms with E-state index in [2.05, 4.69) is 11.8 Å². The molecule has 7 heteroatoms. The maximum atomic E-state index is 13.0. The smallest absolute Gasteiger partial charge is 0.317 e. The van der Waals surface area contributed by atoms with Gasteiger partial charge in [0.1, 0.15) is 5.82 Å². The monoisotopic (exact) mass is 407 g/mol. The van der Waals surface area contributed by atoms with Crippen molar-refractivity contribution in [3.05, 3.63) is 68.6 Å². The number of aromatic nitrogens is 4. The van der Waals surface area contributed by atoms with E-state index in [-0.39, 0.29) is 11.2 Å². The fourth-order valence-corrected chi connectivity index (χ4v) is 4.24.